The minimum atomic E-state index is -1.10. The van der Waals surface area contributed by atoms with E-state index in [0.29, 0.717) is 17.1 Å². The Morgan fingerprint density at radius 2 is 1.88 bits per heavy atom. The first-order chi connectivity index (χ1) is 11.9. The standard InChI is InChI=1S/C19H17ClFNO3/c20-15-4-2-1-3-13(15)11-19(7-8-19)18(25)22-14-6-5-12(9-17(23)24)16(21)10-14/h1-6,10H,7-9,11H2,(H,22,25)(H,23,24). The molecule has 0 spiro atoms. The molecule has 1 saturated carbocycles. The number of carbonyl (C=O) groups excluding carboxylic acids is 1. The fraction of sp³-hybridized carbons (Fsp3) is 0.263. The lowest BCUT2D eigenvalue weighted by atomic mass is 9.95. The summed E-state index contributed by atoms with van der Waals surface area (Å²) in [5, 5.41) is 12.1. The lowest BCUT2D eigenvalue weighted by Gasteiger charge is -2.16. The number of carboxylic acid groups (broad SMARTS) is 1. The van der Waals surface area contributed by atoms with Crippen molar-refractivity contribution in [3.05, 3.63) is 64.4 Å². The number of hydrogen-bond acceptors (Lipinski definition) is 2. The summed E-state index contributed by atoms with van der Waals surface area (Å²) >= 11 is 6.17. The monoisotopic (exact) mass is 361 g/mol. The molecule has 0 aliphatic heterocycles. The summed E-state index contributed by atoms with van der Waals surface area (Å²) in [7, 11) is 0. The van der Waals surface area contributed by atoms with Gasteiger partial charge in [0, 0.05) is 10.7 Å². The second-order valence-corrected chi connectivity index (χ2v) is 6.79. The summed E-state index contributed by atoms with van der Waals surface area (Å²) in [5.41, 5.74) is 0.811. The summed E-state index contributed by atoms with van der Waals surface area (Å²) < 4.78 is 13.9. The number of aliphatic carboxylic acids is 1. The molecule has 0 saturated heterocycles. The zero-order valence-electron chi connectivity index (χ0n) is 13.4. The van der Waals surface area contributed by atoms with Crippen molar-refractivity contribution in [3.8, 4) is 0 Å². The van der Waals surface area contributed by atoms with Gasteiger partial charge in [0.1, 0.15) is 5.82 Å². The van der Waals surface area contributed by atoms with Crippen LogP contribution in [0.4, 0.5) is 10.1 Å². The van der Waals surface area contributed by atoms with E-state index < -0.39 is 23.6 Å². The maximum atomic E-state index is 13.9. The van der Waals surface area contributed by atoms with Crippen LogP contribution in [0.1, 0.15) is 24.0 Å². The number of rotatable bonds is 6. The van der Waals surface area contributed by atoms with E-state index in [4.69, 9.17) is 16.7 Å². The molecule has 0 unspecified atom stereocenters. The number of anilines is 1. The van der Waals surface area contributed by atoms with Gasteiger partial charge >= 0.3 is 5.97 Å². The quantitative estimate of drug-likeness (QED) is 0.815. The lowest BCUT2D eigenvalue weighted by molar-refractivity contribution is -0.136. The Hall–Kier alpha value is -2.40. The second-order valence-electron chi connectivity index (χ2n) is 6.38. The van der Waals surface area contributed by atoms with Crippen LogP contribution in [0.25, 0.3) is 0 Å². The zero-order valence-corrected chi connectivity index (χ0v) is 14.1. The minimum absolute atomic E-state index is 0.0858. The predicted molar refractivity (Wildman–Crippen MR) is 93.2 cm³/mol. The van der Waals surface area contributed by atoms with Crippen molar-refractivity contribution in [2.24, 2.45) is 5.41 Å². The molecule has 6 heteroatoms. The van der Waals surface area contributed by atoms with Crippen LogP contribution in [0.15, 0.2) is 42.5 Å². The van der Waals surface area contributed by atoms with E-state index in [1.54, 1.807) is 6.07 Å². The second kappa shape index (κ2) is 6.84. The first kappa shape index (κ1) is 17.4. The Kier molecular flexibility index (Phi) is 4.77. The molecule has 1 aliphatic carbocycles. The van der Waals surface area contributed by atoms with Crippen molar-refractivity contribution >= 4 is 29.2 Å². The predicted octanol–water partition coefficient (Wildman–Crippen LogP) is 4.07. The molecular formula is C19H17ClFNO3. The van der Waals surface area contributed by atoms with Crippen molar-refractivity contribution in [1.29, 1.82) is 0 Å². The van der Waals surface area contributed by atoms with Gasteiger partial charge in [-0.25, -0.2) is 4.39 Å². The van der Waals surface area contributed by atoms with E-state index >= 15 is 0 Å². The largest absolute Gasteiger partial charge is 0.481 e. The molecule has 0 radical (unpaired) electrons. The van der Waals surface area contributed by atoms with E-state index in [1.165, 1.54) is 12.1 Å². The third-order valence-corrected chi connectivity index (χ3v) is 4.84. The molecule has 3 rings (SSSR count). The van der Waals surface area contributed by atoms with Crippen LogP contribution < -0.4 is 5.32 Å². The maximum absolute atomic E-state index is 13.9. The topological polar surface area (TPSA) is 66.4 Å². The SMILES string of the molecule is O=C(O)Cc1ccc(NC(=O)C2(Cc3ccccc3Cl)CC2)cc1F. The van der Waals surface area contributed by atoms with Gasteiger partial charge in [-0.1, -0.05) is 35.9 Å². The number of halogens is 2. The molecule has 0 atom stereocenters. The number of benzene rings is 2. The van der Waals surface area contributed by atoms with Crippen LogP contribution in [-0.2, 0) is 22.4 Å². The Balaban J connectivity index is 1.71. The van der Waals surface area contributed by atoms with Crippen LogP contribution >= 0.6 is 11.6 Å². The molecular weight excluding hydrogens is 345 g/mol. The third-order valence-electron chi connectivity index (χ3n) is 4.47. The minimum Gasteiger partial charge on any atom is -0.481 e. The third kappa shape index (κ3) is 3.99. The van der Waals surface area contributed by atoms with Gasteiger partial charge in [-0.2, -0.15) is 0 Å². The van der Waals surface area contributed by atoms with Gasteiger partial charge in [0.15, 0.2) is 0 Å². The van der Waals surface area contributed by atoms with E-state index in [0.717, 1.165) is 24.5 Å². The Morgan fingerprint density at radius 3 is 2.48 bits per heavy atom. The molecule has 130 valence electrons. The van der Waals surface area contributed by atoms with Crippen LogP contribution in [0.5, 0.6) is 0 Å². The summed E-state index contributed by atoms with van der Waals surface area (Å²) in [5.74, 6) is -1.92. The normalized spacial score (nSPS) is 14.8. The van der Waals surface area contributed by atoms with E-state index in [1.807, 2.05) is 18.2 Å². The zero-order chi connectivity index (χ0) is 18.0. The Morgan fingerprint density at radius 1 is 1.16 bits per heavy atom. The highest BCUT2D eigenvalue weighted by molar-refractivity contribution is 6.31. The van der Waals surface area contributed by atoms with Crippen LogP contribution in [0.2, 0.25) is 5.02 Å². The molecule has 1 amide bonds. The number of nitrogens with one attached hydrogen (secondary N) is 1. The average molecular weight is 362 g/mol. The summed E-state index contributed by atoms with van der Waals surface area (Å²) in [6.45, 7) is 0. The van der Waals surface area contributed by atoms with E-state index in [2.05, 4.69) is 5.32 Å². The average Bonchev–Trinajstić information content (AvgIpc) is 3.33. The van der Waals surface area contributed by atoms with Crippen molar-refractivity contribution in [2.75, 3.05) is 5.32 Å². The first-order valence-electron chi connectivity index (χ1n) is 7.95. The fourth-order valence-electron chi connectivity index (χ4n) is 2.84. The van der Waals surface area contributed by atoms with Gasteiger partial charge in [0.2, 0.25) is 5.91 Å². The highest BCUT2D eigenvalue weighted by Crippen LogP contribution is 2.50. The van der Waals surface area contributed by atoms with Gasteiger partial charge in [-0.3, -0.25) is 9.59 Å². The van der Waals surface area contributed by atoms with Gasteiger partial charge in [-0.05, 0) is 48.6 Å². The number of amides is 1. The van der Waals surface area contributed by atoms with E-state index in [-0.39, 0.29) is 11.5 Å². The van der Waals surface area contributed by atoms with Crippen LogP contribution in [0, 0.1) is 11.2 Å². The lowest BCUT2D eigenvalue weighted by Crippen LogP contribution is -2.26. The molecule has 2 aromatic carbocycles. The van der Waals surface area contributed by atoms with Gasteiger partial charge < -0.3 is 10.4 Å². The highest BCUT2D eigenvalue weighted by Gasteiger charge is 2.49. The van der Waals surface area contributed by atoms with Crippen molar-refractivity contribution in [1.82, 2.24) is 0 Å². The first-order valence-corrected chi connectivity index (χ1v) is 8.32. The van der Waals surface area contributed by atoms with Gasteiger partial charge in [-0.15, -0.1) is 0 Å². The Bertz CT molecular complexity index is 833. The molecule has 0 aromatic heterocycles. The summed E-state index contributed by atoms with van der Waals surface area (Å²) in [6, 6.07) is 11.5. The molecule has 0 heterocycles. The molecule has 1 fully saturated rings. The summed E-state index contributed by atoms with van der Waals surface area (Å²) in [6.07, 6.45) is 1.65. The van der Waals surface area contributed by atoms with Crippen LogP contribution in [0.3, 0.4) is 0 Å². The molecule has 0 bridgehead atoms. The van der Waals surface area contributed by atoms with Crippen LogP contribution in [-0.4, -0.2) is 17.0 Å². The molecule has 4 nitrogen and oxygen atoms in total. The van der Waals surface area contributed by atoms with Crippen molar-refractivity contribution in [2.45, 2.75) is 25.7 Å². The fourth-order valence-corrected chi connectivity index (χ4v) is 3.04. The highest BCUT2D eigenvalue weighted by atomic mass is 35.5. The molecule has 25 heavy (non-hydrogen) atoms. The smallest absolute Gasteiger partial charge is 0.307 e. The van der Waals surface area contributed by atoms with E-state index in [9.17, 15) is 14.0 Å². The van der Waals surface area contributed by atoms with Crippen molar-refractivity contribution < 1.29 is 19.1 Å². The van der Waals surface area contributed by atoms with Gasteiger partial charge in [0.25, 0.3) is 0 Å². The number of carboxylic acids is 1. The number of hydrogen-bond donors (Lipinski definition) is 2. The van der Waals surface area contributed by atoms with Crippen molar-refractivity contribution in [3.63, 3.8) is 0 Å². The molecule has 1 aliphatic rings. The molecule has 2 N–H and O–H groups in total. The molecule has 2 aromatic rings. The number of carbonyl (C=O) groups is 2. The maximum Gasteiger partial charge on any atom is 0.307 e. The summed E-state index contributed by atoms with van der Waals surface area (Å²) in [4.78, 5) is 23.3. The van der Waals surface area contributed by atoms with Gasteiger partial charge in [0.05, 0.1) is 11.8 Å². The Labute approximate surface area is 149 Å².